The van der Waals surface area contributed by atoms with Crippen molar-refractivity contribution in [3.8, 4) is 5.75 Å². The Hall–Kier alpha value is -4.86. The predicted molar refractivity (Wildman–Crippen MR) is 152 cm³/mol. The molecule has 194 valence electrons. The second kappa shape index (κ2) is 12.9. The first-order valence-corrected chi connectivity index (χ1v) is 12.3. The van der Waals surface area contributed by atoms with E-state index in [0.29, 0.717) is 29.8 Å². The van der Waals surface area contributed by atoms with Crippen LogP contribution in [0.25, 0.3) is 0 Å². The van der Waals surface area contributed by atoms with Crippen molar-refractivity contribution in [2.75, 3.05) is 23.3 Å². The molecular weight excluding hydrogens is 478 g/mol. The minimum absolute atomic E-state index is 0.368. The van der Waals surface area contributed by atoms with E-state index in [1.165, 1.54) is 0 Å². The van der Waals surface area contributed by atoms with E-state index >= 15 is 0 Å². The summed E-state index contributed by atoms with van der Waals surface area (Å²) in [6, 6.07) is 15.2. The van der Waals surface area contributed by atoms with Crippen LogP contribution in [0.5, 0.6) is 5.75 Å². The van der Waals surface area contributed by atoms with Gasteiger partial charge >= 0.3 is 0 Å². The molecule has 38 heavy (non-hydrogen) atoms. The Kier molecular flexibility index (Phi) is 8.90. The van der Waals surface area contributed by atoms with Crippen LogP contribution in [-0.4, -0.2) is 38.5 Å². The molecule has 0 amide bonds. The van der Waals surface area contributed by atoms with E-state index in [-0.39, 0.29) is 0 Å². The van der Waals surface area contributed by atoms with E-state index in [2.05, 4.69) is 43.3 Å². The van der Waals surface area contributed by atoms with Gasteiger partial charge in [-0.05, 0) is 56.7 Å². The quantitative estimate of drug-likeness (QED) is 0.175. The molecule has 0 radical (unpaired) electrons. The summed E-state index contributed by atoms with van der Waals surface area (Å²) in [7, 11) is 1.62. The molecule has 4 rings (SSSR count). The van der Waals surface area contributed by atoms with Crippen LogP contribution in [0.2, 0.25) is 0 Å². The topological polar surface area (TPSA) is 122 Å². The summed E-state index contributed by atoms with van der Waals surface area (Å²) >= 11 is 0. The number of aromatic nitrogens is 4. The van der Waals surface area contributed by atoms with Gasteiger partial charge in [-0.3, -0.25) is 20.8 Å². The van der Waals surface area contributed by atoms with Crippen LogP contribution in [0.3, 0.4) is 0 Å². The minimum atomic E-state index is 0.368. The van der Waals surface area contributed by atoms with E-state index in [1.54, 1.807) is 31.9 Å². The number of rotatable bonds is 11. The first-order chi connectivity index (χ1) is 18.6. The number of benzene rings is 1. The molecule has 0 saturated heterocycles. The number of methoxy groups -OCH3 is 1. The zero-order valence-electron chi connectivity index (χ0n) is 21.9. The number of pyridine rings is 2. The van der Waals surface area contributed by atoms with E-state index in [0.717, 1.165) is 40.2 Å². The van der Waals surface area contributed by atoms with Gasteiger partial charge in [0.25, 0.3) is 0 Å². The summed E-state index contributed by atoms with van der Waals surface area (Å²) < 4.78 is 5.49. The molecule has 0 aliphatic carbocycles. The smallest absolute Gasteiger partial charge is 0.231 e. The zero-order valence-corrected chi connectivity index (χ0v) is 21.9. The lowest BCUT2D eigenvalue weighted by Gasteiger charge is -2.16. The van der Waals surface area contributed by atoms with Crippen molar-refractivity contribution in [3.05, 3.63) is 90.0 Å². The standard InChI is InChI=1S/C28H31N9O/c1-5-8-23-26(36-34-19(2)21-11-15-29-16-12-21)32-28(31-24-9-6-7-10-25(24)38-4)33-27(23)37-35-20(3)22-13-17-30-18-14-22/h6-7,9-18H,5,8H2,1-4H3,(H3,31,32,33,36,37). The molecule has 0 saturated carbocycles. The normalized spacial score (nSPS) is 11.7. The molecule has 0 fully saturated rings. The lowest BCUT2D eigenvalue weighted by molar-refractivity contribution is 0.417. The fourth-order valence-electron chi connectivity index (χ4n) is 3.67. The molecule has 0 aliphatic heterocycles. The van der Waals surface area contributed by atoms with Gasteiger partial charge in [0.1, 0.15) is 5.75 Å². The number of hydrogen-bond donors (Lipinski definition) is 3. The Labute approximate surface area is 222 Å². The number of para-hydroxylation sites is 2. The SMILES string of the molecule is CCCc1c(NN=C(C)c2ccncc2)nc(Nc2ccccc2OC)nc1NN=C(C)c1ccncc1. The second-order valence-corrected chi connectivity index (χ2v) is 8.39. The molecule has 0 aliphatic rings. The fourth-order valence-corrected chi connectivity index (χ4v) is 3.67. The summed E-state index contributed by atoms with van der Waals surface area (Å²) in [4.78, 5) is 17.7. The van der Waals surface area contributed by atoms with E-state index in [9.17, 15) is 0 Å². The second-order valence-electron chi connectivity index (χ2n) is 8.39. The highest BCUT2D eigenvalue weighted by molar-refractivity contribution is 5.99. The third-order valence-electron chi connectivity index (χ3n) is 5.72. The molecule has 0 bridgehead atoms. The molecule has 0 unspecified atom stereocenters. The molecule has 3 aromatic heterocycles. The number of hydrogen-bond acceptors (Lipinski definition) is 10. The van der Waals surface area contributed by atoms with Gasteiger partial charge in [-0.2, -0.15) is 20.2 Å². The first-order valence-electron chi connectivity index (χ1n) is 12.3. The zero-order chi connectivity index (χ0) is 26.7. The highest BCUT2D eigenvalue weighted by Gasteiger charge is 2.16. The van der Waals surface area contributed by atoms with E-state index in [4.69, 9.17) is 14.7 Å². The van der Waals surface area contributed by atoms with Gasteiger partial charge in [-0.25, -0.2) is 0 Å². The van der Waals surface area contributed by atoms with E-state index in [1.807, 2.05) is 62.4 Å². The van der Waals surface area contributed by atoms with Crippen LogP contribution in [0.1, 0.15) is 43.9 Å². The van der Waals surface area contributed by atoms with Crippen LogP contribution in [-0.2, 0) is 6.42 Å². The minimum Gasteiger partial charge on any atom is -0.495 e. The maximum absolute atomic E-state index is 5.49. The van der Waals surface area contributed by atoms with Crippen LogP contribution < -0.4 is 20.9 Å². The van der Waals surface area contributed by atoms with Crippen LogP contribution in [0.4, 0.5) is 23.3 Å². The van der Waals surface area contributed by atoms with Crippen molar-refractivity contribution < 1.29 is 4.74 Å². The molecule has 3 heterocycles. The number of ether oxygens (including phenoxy) is 1. The molecule has 0 spiro atoms. The van der Waals surface area contributed by atoms with Gasteiger partial charge in [-0.1, -0.05) is 25.5 Å². The third kappa shape index (κ3) is 6.67. The maximum atomic E-state index is 5.49. The highest BCUT2D eigenvalue weighted by Crippen LogP contribution is 2.30. The largest absolute Gasteiger partial charge is 0.495 e. The Morgan fingerprint density at radius 1 is 0.789 bits per heavy atom. The van der Waals surface area contributed by atoms with Gasteiger partial charge in [-0.15, -0.1) is 0 Å². The summed E-state index contributed by atoms with van der Waals surface area (Å²) in [5.41, 5.74) is 11.4. The summed E-state index contributed by atoms with van der Waals surface area (Å²) in [6.45, 7) is 5.96. The third-order valence-corrected chi connectivity index (χ3v) is 5.72. The average Bonchev–Trinajstić information content (AvgIpc) is 2.97. The summed E-state index contributed by atoms with van der Waals surface area (Å²) in [6.07, 6.45) is 8.55. The highest BCUT2D eigenvalue weighted by atomic mass is 16.5. The molecule has 0 atom stereocenters. The van der Waals surface area contributed by atoms with Gasteiger partial charge in [0, 0.05) is 41.5 Å². The van der Waals surface area contributed by atoms with Crippen molar-refractivity contribution in [2.45, 2.75) is 33.6 Å². The van der Waals surface area contributed by atoms with Gasteiger partial charge in [0.15, 0.2) is 11.6 Å². The van der Waals surface area contributed by atoms with E-state index < -0.39 is 0 Å². The Bertz CT molecular complexity index is 1330. The number of hydrazone groups is 2. The molecule has 1 aromatic carbocycles. The monoisotopic (exact) mass is 509 g/mol. The number of nitrogens with zero attached hydrogens (tertiary/aromatic N) is 6. The van der Waals surface area contributed by atoms with Gasteiger partial charge < -0.3 is 10.1 Å². The lowest BCUT2D eigenvalue weighted by atomic mass is 10.1. The average molecular weight is 510 g/mol. The first kappa shape index (κ1) is 26.2. The fraction of sp³-hybridized carbons (Fsp3) is 0.214. The molecule has 3 N–H and O–H groups in total. The van der Waals surface area contributed by atoms with Crippen LogP contribution in [0.15, 0.2) is 83.5 Å². The number of anilines is 4. The van der Waals surface area contributed by atoms with Crippen molar-refractivity contribution in [1.29, 1.82) is 0 Å². The Balaban J connectivity index is 1.74. The van der Waals surface area contributed by atoms with Crippen LogP contribution in [0, 0.1) is 0 Å². The van der Waals surface area contributed by atoms with Crippen molar-refractivity contribution in [1.82, 2.24) is 19.9 Å². The van der Waals surface area contributed by atoms with Gasteiger partial charge in [0.2, 0.25) is 5.95 Å². The Morgan fingerprint density at radius 2 is 1.32 bits per heavy atom. The molecule has 10 nitrogen and oxygen atoms in total. The molecule has 4 aromatic rings. The number of nitrogens with one attached hydrogen (secondary N) is 3. The summed E-state index contributed by atoms with van der Waals surface area (Å²) in [5, 5.41) is 12.5. The van der Waals surface area contributed by atoms with Crippen molar-refractivity contribution in [3.63, 3.8) is 0 Å². The lowest BCUT2D eigenvalue weighted by Crippen LogP contribution is -2.11. The van der Waals surface area contributed by atoms with Crippen LogP contribution >= 0.6 is 0 Å². The molecular formula is C28H31N9O. The molecule has 10 heteroatoms. The Morgan fingerprint density at radius 3 is 1.82 bits per heavy atom. The predicted octanol–water partition coefficient (Wildman–Crippen LogP) is 5.64. The van der Waals surface area contributed by atoms with Gasteiger partial charge in [0.05, 0.1) is 24.2 Å². The maximum Gasteiger partial charge on any atom is 0.231 e. The van der Waals surface area contributed by atoms with Crippen molar-refractivity contribution in [2.24, 2.45) is 10.2 Å². The summed E-state index contributed by atoms with van der Waals surface area (Å²) in [5.74, 6) is 2.20. The van der Waals surface area contributed by atoms with Crippen molar-refractivity contribution >= 4 is 34.7 Å².